The molecule has 2 aromatic rings. The van der Waals surface area contributed by atoms with Gasteiger partial charge in [0.1, 0.15) is 0 Å². The molecule has 0 radical (unpaired) electrons. The summed E-state index contributed by atoms with van der Waals surface area (Å²) in [5.74, 6) is 2.21. The van der Waals surface area contributed by atoms with Crippen LogP contribution in [0, 0.1) is 17.1 Å². The van der Waals surface area contributed by atoms with Crippen LogP contribution in [0.3, 0.4) is 0 Å². The molecule has 23 heavy (non-hydrogen) atoms. The summed E-state index contributed by atoms with van der Waals surface area (Å²) in [6, 6.07) is 6.87. The zero-order chi connectivity index (χ0) is 17.0. The average molecular weight is 328 g/mol. The van der Waals surface area contributed by atoms with E-state index < -0.39 is 5.56 Å². The number of nitrogens with zero attached hydrogens (tertiary/aromatic N) is 4. The third-order valence-electron chi connectivity index (χ3n) is 3.29. The first-order valence-corrected chi connectivity index (χ1v) is 7.49. The van der Waals surface area contributed by atoms with Gasteiger partial charge in [0.05, 0.1) is 5.69 Å². The van der Waals surface area contributed by atoms with Crippen LogP contribution in [0.25, 0.3) is 0 Å². The van der Waals surface area contributed by atoms with Crippen molar-refractivity contribution in [2.45, 2.75) is 26.9 Å². The maximum absolute atomic E-state index is 12.4. The van der Waals surface area contributed by atoms with E-state index in [0.29, 0.717) is 24.3 Å². The fraction of sp³-hybridized carbons (Fsp3) is 0.250. The van der Waals surface area contributed by atoms with Crippen LogP contribution in [0.1, 0.15) is 19.4 Å². The Bertz CT molecular complexity index is 919. The molecular formula is C16H16N4O2S. The summed E-state index contributed by atoms with van der Waals surface area (Å²) in [5.41, 5.74) is 0.527. The van der Waals surface area contributed by atoms with Crippen LogP contribution in [-0.2, 0) is 13.1 Å². The highest BCUT2D eigenvalue weighted by molar-refractivity contribution is 7.71. The van der Waals surface area contributed by atoms with Gasteiger partial charge in [-0.1, -0.05) is 12.0 Å². The third kappa shape index (κ3) is 3.22. The van der Waals surface area contributed by atoms with Crippen LogP contribution in [-0.4, -0.2) is 14.2 Å². The molecule has 0 saturated heterocycles. The maximum atomic E-state index is 12.4. The standard InChI is InChI=1S/C16H16N4O2S/c1-4-11-8-7-9-12(10-11)17-18-13-14(21)19(5-2)16(23)20(6-3)15(13)22/h1,7-10,21H,5-6H2,2-3H3. The van der Waals surface area contributed by atoms with E-state index in [4.69, 9.17) is 18.6 Å². The van der Waals surface area contributed by atoms with Crippen molar-refractivity contribution in [2.24, 2.45) is 10.2 Å². The van der Waals surface area contributed by atoms with Gasteiger partial charge < -0.3 is 5.11 Å². The lowest BCUT2D eigenvalue weighted by molar-refractivity contribution is 0.402. The largest absolute Gasteiger partial charge is 0.493 e. The zero-order valence-corrected chi connectivity index (χ0v) is 13.7. The van der Waals surface area contributed by atoms with E-state index in [-0.39, 0.29) is 16.3 Å². The van der Waals surface area contributed by atoms with Gasteiger partial charge in [0.2, 0.25) is 11.6 Å². The number of rotatable bonds is 4. The summed E-state index contributed by atoms with van der Waals surface area (Å²) >= 11 is 5.21. The van der Waals surface area contributed by atoms with Crippen molar-refractivity contribution in [3.63, 3.8) is 0 Å². The molecule has 0 spiro atoms. The summed E-state index contributed by atoms with van der Waals surface area (Å²) < 4.78 is 3.06. The van der Waals surface area contributed by atoms with E-state index in [1.807, 2.05) is 6.92 Å². The topological polar surface area (TPSA) is 71.9 Å². The quantitative estimate of drug-likeness (QED) is 0.530. The number of hydrogen-bond acceptors (Lipinski definition) is 5. The number of terminal acetylenes is 1. The molecule has 1 aromatic carbocycles. The van der Waals surface area contributed by atoms with Gasteiger partial charge in [-0.25, -0.2) is 0 Å². The van der Waals surface area contributed by atoms with Gasteiger partial charge in [0.15, 0.2) is 4.77 Å². The Hall–Kier alpha value is -2.72. The van der Waals surface area contributed by atoms with Crippen LogP contribution in [0.15, 0.2) is 39.3 Å². The third-order valence-corrected chi connectivity index (χ3v) is 3.73. The number of hydrogen-bond donors (Lipinski definition) is 1. The first kappa shape index (κ1) is 16.6. The zero-order valence-electron chi connectivity index (χ0n) is 12.9. The monoisotopic (exact) mass is 328 g/mol. The molecule has 0 saturated carbocycles. The molecule has 0 aliphatic heterocycles. The highest BCUT2D eigenvalue weighted by Crippen LogP contribution is 2.25. The second kappa shape index (κ2) is 7.03. The van der Waals surface area contributed by atoms with Crippen molar-refractivity contribution >= 4 is 23.6 Å². The van der Waals surface area contributed by atoms with Gasteiger partial charge in [-0.3, -0.25) is 13.9 Å². The normalized spacial score (nSPS) is 10.8. The molecule has 0 bridgehead atoms. The minimum absolute atomic E-state index is 0.145. The minimum atomic E-state index is -0.475. The fourth-order valence-corrected chi connectivity index (χ4v) is 2.52. The van der Waals surface area contributed by atoms with Crippen LogP contribution < -0.4 is 5.56 Å². The molecule has 1 heterocycles. The van der Waals surface area contributed by atoms with Gasteiger partial charge in [-0.2, -0.15) is 5.11 Å². The molecule has 0 atom stereocenters. The predicted molar refractivity (Wildman–Crippen MR) is 91.1 cm³/mol. The van der Waals surface area contributed by atoms with Crippen molar-refractivity contribution in [3.05, 3.63) is 45.0 Å². The van der Waals surface area contributed by atoms with E-state index in [0.717, 1.165) is 0 Å². The Labute approximate surface area is 138 Å². The lowest BCUT2D eigenvalue weighted by Crippen LogP contribution is -2.24. The fourth-order valence-electron chi connectivity index (χ4n) is 2.09. The summed E-state index contributed by atoms with van der Waals surface area (Å²) in [5, 5.41) is 18.2. The number of azo groups is 1. The number of benzene rings is 1. The predicted octanol–water partition coefficient (Wildman–Crippen LogP) is 3.52. The summed E-state index contributed by atoms with van der Waals surface area (Å²) in [4.78, 5) is 12.4. The van der Waals surface area contributed by atoms with E-state index in [1.165, 1.54) is 9.13 Å². The maximum Gasteiger partial charge on any atom is 0.286 e. The molecule has 7 heteroatoms. The Balaban J connectivity index is 2.60. The van der Waals surface area contributed by atoms with Crippen molar-refractivity contribution in [2.75, 3.05) is 0 Å². The molecule has 0 aliphatic carbocycles. The number of aromatic hydroxyl groups is 1. The second-order valence-corrected chi connectivity index (χ2v) is 5.01. The highest BCUT2D eigenvalue weighted by atomic mass is 32.1. The van der Waals surface area contributed by atoms with E-state index in [2.05, 4.69) is 16.1 Å². The van der Waals surface area contributed by atoms with Crippen molar-refractivity contribution < 1.29 is 5.11 Å². The first-order valence-electron chi connectivity index (χ1n) is 7.08. The van der Waals surface area contributed by atoms with E-state index in [9.17, 15) is 9.90 Å². The minimum Gasteiger partial charge on any atom is -0.493 e. The lowest BCUT2D eigenvalue weighted by Gasteiger charge is -2.12. The van der Waals surface area contributed by atoms with Crippen molar-refractivity contribution in [1.29, 1.82) is 0 Å². The summed E-state index contributed by atoms with van der Waals surface area (Å²) in [6.07, 6.45) is 5.34. The average Bonchev–Trinajstić information content (AvgIpc) is 2.55. The molecular weight excluding hydrogens is 312 g/mol. The molecule has 0 unspecified atom stereocenters. The Kier molecular flexibility index (Phi) is 5.09. The molecule has 0 aliphatic rings. The molecule has 0 amide bonds. The van der Waals surface area contributed by atoms with Gasteiger partial charge in [0.25, 0.3) is 5.56 Å². The van der Waals surface area contributed by atoms with Crippen LogP contribution >= 0.6 is 12.2 Å². The van der Waals surface area contributed by atoms with Gasteiger partial charge in [-0.05, 0) is 44.3 Å². The molecule has 1 aromatic heterocycles. The molecule has 2 rings (SSSR count). The van der Waals surface area contributed by atoms with Crippen LogP contribution in [0.2, 0.25) is 0 Å². The SMILES string of the molecule is C#Cc1cccc(N=Nc2c(O)n(CC)c(=S)n(CC)c2=O)c1. The lowest BCUT2D eigenvalue weighted by atomic mass is 10.2. The first-order chi connectivity index (χ1) is 11.0. The molecule has 0 fully saturated rings. The van der Waals surface area contributed by atoms with Crippen LogP contribution in [0.5, 0.6) is 5.88 Å². The molecule has 118 valence electrons. The van der Waals surface area contributed by atoms with Crippen molar-refractivity contribution in [1.82, 2.24) is 9.13 Å². The Morgan fingerprint density at radius 3 is 2.57 bits per heavy atom. The molecule has 1 N–H and O–H groups in total. The molecule has 6 nitrogen and oxygen atoms in total. The number of aromatic nitrogens is 2. The summed E-state index contributed by atoms with van der Waals surface area (Å²) in [6.45, 7) is 4.41. The van der Waals surface area contributed by atoms with E-state index >= 15 is 0 Å². The second-order valence-electron chi connectivity index (χ2n) is 4.64. The van der Waals surface area contributed by atoms with Gasteiger partial charge in [0, 0.05) is 18.7 Å². The van der Waals surface area contributed by atoms with Crippen molar-refractivity contribution in [3.8, 4) is 18.2 Å². The summed E-state index contributed by atoms with van der Waals surface area (Å²) in [7, 11) is 0. The van der Waals surface area contributed by atoms with Gasteiger partial charge in [-0.15, -0.1) is 11.5 Å². The van der Waals surface area contributed by atoms with Gasteiger partial charge >= 0.3 is 0 Å². The smallest absolute Gasteiger partial charge is 0.286 e. The Morgan fingerprint density at radius 1 is 1.26 bits per heavy atom. The Morgan fingerprint density at radius 2 is 1.96 bits per heavy atom. The highest BCUT2D eigenvalue weighted by Gasteiger charge is 2.15. The van der Waals surface area contributed by atoms with E-state index in [1.54, 1.807) is 31.2 Å². The van der Waals surface area contributed by atoms with Crippen LogP contribution in [0.4, 0.5) is 11.4 Å².